The van der Waals surface area contributed by atoms with Gasteiger partial charge in [0.25, 0.3) is 0 Å². The summed E-state index contributed by atoms with van der Waals surface area (Å²) in [7, 11) is 1.32. The fraction of sp³-hybridized carbons (Fsp3) is 0.600. The molecule has 98 valence electrons. The molecule has 0 amide bonds. The molecule has 3 nitrogen and oxygen atoms in total. The van der Waals surface area contributed by atoms with E-state index in [0.29, 0.717) is 12.0 Å². The van der Waals surface area contributed by atoms with Crippen molar-refractivity contribution < 1.29 is 14.3 Å². The lowest BCUT2D eigenvalue weighted by Crippen LogP contribution is -2.64. The molecule has 0 N–H and O–H groups in total. The van der Waals surface area contributed by atoms with Gasteiger partial charge in [-0.15, -0.1) is 6.58 Å². The number of hydrogen-bond donors (Lipinski definition) is 0. The number of carbonyl (C=O) groups excluding carboxylic acids is 2. The van der Waals surface area contributed by atoms with E-state index in [0.717, 1.165) is 6.42 Å². The Hall–Kier alpha value is -1.38. The van der Waals surface area contributed by atoms with Crippen LogP contribution in [0.3, 0.4) is 0 Å². The van der Waals surface area contributed by atoms with E-state index in [1.165, 1.54) is 7.11 Å². The van der Waals surface area contributed by atoms with Crippen LogP contribution in [0.2, 0.25) is 0 Å². The van der Waals surface area contributed by atoms with Crippen molar-refractivity contribution in [3.05, 3.63) is 24.8 Å². The number of Topliss-reactive ketones (excluding diaryl/α,β-unsaturated/α-hetero) is 1. The largest absolute Gasteiger partial charge is 0.468 e. The van der Waals surface area contributed by atoms with Gasteiger partial charge in [-0.1, -0.05) is 26.5 Å². The lowest BCUT2D eigenvalue weighted by atomic mass is 9.40. The van der Waals surface area contributed by atoms with Gasteiger partial charge in [-0.3, -0.25) is 9.59 Å². The average Bonchev–Trinajstić information content (AvgIpc) is 2.31. The van der Waals surface area contributed by atoms with Crippen molar-refractivity contribution in [3.8, 4) is 0 Å². The van der Waals surface area contributed by atoms with Gasteiger partial charge in [0.1, 0.15) is 0 Å². The number of hydrogen-bond acceptors (Lipinski definition) is 3. The van der Waals surface area contributed by atoms with Crippen LogP contribution in [0.4, 0.5) is 0 Å². The lowest BCUT2D eigenvalue weighted by Gasteiger charge is -2.61. The number of rotatable bonds is 3. The summed E-state index contributed by atoms with van der Waals surface area (Å²) in [5.74, 6) is -0.361. The minimum absolute atomic E-state index is 0.0354. The van der Waals surface area contributed by atoms with Crippen LogP contribution in [0, 0.1) is 22.7 Å². The molecule has 3 aliphatic carbocycles. The highest BCUT2D eigenvalue weighted by Gasteiger charge is 2.67. The highest BCUT2D eigenvalue weighted by molar-refractivity contribution is 6.10. The predicted molar refractivity (Wildman–Crippen MR) is 68.8 cm³/mol. The molecule has 18 heavy (non-hydrogen) atoms. The van der Waals surface area contributed by atoms with Crippen molar-refractivity contribution in [2.45, 2.75) is 26.7 Å². The summed E-state index contributed by atoms with van der Waals surface area (Å²) in [6.07, 6.45) is 2.72. The summed E-state index contributed by atoms with van der Waals surface area (Å²) in [4.78, 5) is 24.8. The third-order valence-electron chi connectivity index (χ3n) is 4.96. The SMILES string of the molecule is C=CC[C@]1(C(=O)OC)C(=C)[C@@H]2C[C@H](C1=O)C2(C)C. The minimum Gasteiger partial charge on any atom is -0.468 e. The van der Waals surface area contributed by atoms with Gasteiger partial charge in [0.15, 0.2) is 11.2 Å². The van der Waals surface area contributed by atoms with Crippen molar-refractivity contribution in [2.24, 2.45) is 22.7 Å². The summed E-state index contributed by atoms with van der Waals surface area (Å²) >= 11 is 0. The molecule has 0 aromatic carbocycles. The zero-order valence-corrected chi connectivity index (χ0v) is 11.3. The van der Waals surface area contributed by atoms with Gasteiger partial charge in [-0.05, 0) is 29.7 Å². The van der Waals surface area contributed by atoms with Crippen LogP contribution in [0.5, 0.6) is 0 Å². The standard InChI is InChI=1S/C15H20O3/c1-6-7-15(13(17)18-5)9(2)10-8-11(12(15)16)14(10,3)4/h6,10-11H,1-2,7-8H2,3-5H3/t10-,11+,15-/m0/s1. The third-order valence-corrected chi connectivity index (χ3v) is 4.96. The van der Waals surface area contributed by atoms with E-state index in [2.05, 4.69) is 27.0 Å². The van der Waals surface area contributed by atoms with Crippen molar-refractivity contribution in [1.82, 2.24) is 0 Å². The summed E-state index contributed by atoms with van der Waals surface area (Å²) in [6.45, 7) is 11.9. The molecule has 2 bridgehead atoms. The molecule has 0 aliphatic heterocycles. The highest BCUT2D eigenvalue weighted by atomic mass is 16.5. The van der Waals surface area contributed by atoms with Gasteiger partial charge < -0.3 is 4.74 Å². The van der Waals surface area contributed by atoms with Crippen molar-refractivity contribution in [1.29, 1.82) is 0 Å². The minimum atomic E-state index is -1.18. The molecule has 0 radical (unpaired) electrons. The first-order valence-electron chi connectivity index (χ1n) is 6.27. The predicted octanol–water partition coefficient (Wildman–Crippen LogP) is 2.52. The van der Waals surface area contributed by atoms with Gasteiger partial charge in [-0.25, -0.2) is 0 Å². The van der Waals surface area contributed by atoms with Crippen LogP contribution in [0.1, 0.15) is 26.7 Å². The topological polar surface area (TPSA) is 43.4 Å². The Balaban J connectivity index is 2.50. The zero-order chi connectivity index (χ0) is 13.7. The maximum Gasteiger partial charge on any atom is 0.323 e. The molecule has 3 saturated carbocycles. The molecule has 0 aromatic rings. The molecule has 3 fully saturated rings. The Bertz CT molecular complexity index is 421. The van der Waals surface area contributed by atoms with Crippen molar-refractivity contribution >= 4 is 11.8 Å². The first-order valence-corrected chi connectivity index (χ1v) is 6.27. The molecule has 0 spiro atoms. The van der Waals surface area contributed by atoms with Crippen LogP contribution in [0.15, 0.2) is 24.8 Å². The van der Waals surface area contributed by atoms with Crippen molar-refractivity contribution in [2.75, 3.05) is 7.11 Å². The number of fused-ring (bicyclic) bond motifs is 2. The van der Waals surface area contributed by atoms with E-state index in [1.807, 2.05) is 0 Å². The van der Waals surface area contributed by atoms with Crippen LogP contribution in [0.25, 0.3) is 0 Å². The fourth-order valence-electron chi connectivity index (χ4n) is 3.65. The Morgan fingerprint density at radius 2 is 2.11 bits per heavy atom. The van der Waals surface area contributed by atoms with Crippen LogP contribution < -0.4 is 0 Å². The first-order chi connectivity index (χ1) is 8.33. The Labute approximate surface area is 108 Å². The third kappa shape index (κ3) is 1.25. The second-order valence-corrected chi connectivity index (χ2v) is 5.94. The van der Waals surface area contributed by atoms with E-state index >= 15 is 0 Å². The molecular formula is C15H20O3. The van der Waals surface area contributed by atoms with Gasteiger partial charge in [-0.2, -0.15) is 0 Å². The van der Waals surface area contributed by atoms with E-state index in [-0.39, 0.29) is 23.0 Å². The molecule has 3 atom stereocenters. The summed E-state index contributed by atoms with van der Waals surface area (Å²) < 4.78 is 4.86. The molecule has 0 aromatic heterocycles. The smallest absolute Gasteiger partial charge is 0.323 e. The maximum atomic E-state index is 12.7. The van der Waals surface area contributed by atoms with Crippen LogP contribution in [-0.2, 0) is 14.3 Å². The van der Waals surface area contributed by atoms with Crippen LogP contribution >= 0.6 is 0 Å². The second-order valence-electron chi connectivity index (χ2n) is 5.94. The van der Waals surface area contributed by atoms with Gasteiger partial charge in [0.2, 0.25) is 0 Å². The number of carbonyl (C=O) groups is 2. The molecule has 0 saturated heterocycles. The fourth-order valence-corrected chi connectivity index (χ4v) is 3.65. The van der Waals surface area contributed by atoms with E-state index in [1.54, 1.807) is 6.08 Å². The monoisotopic (exact) mass is 248 g/mol. The van der Waals surface area contributed by atoms with Crippen molar-refractivity contribution in [3.63, 3.8) is 0 Å². The molecule has 3 rings (SSSR count). The van der Waals surface area contributed by atoms with E-state index in [9.17, 15) is 9.59 Å². The highest BCUT2D eigenvalue weighted by Crippen LogP contribution is 2.65. The maximum absolute atomic E-state index is 12.7. The molecule has 0 heterocycles. The van der Waals surface area contributed by atoms with E-state index in [4.69, 9.17) is 4.74 Å². The Morgan fingerprint density at radius 3 is 2.50 bits per heavy atom. The van der Waals surface area contributed by atoms with Gasteiger partial charge in [0, 0.05) is 5.92 Å². The summed E-state index contributed by atoms with van der Waals surface area (Å²) in [5, 5.41) is 0. The molecular weight excluding hydrogens is 228 g/mol. The lowest BCUT2D eigenvalue weighted by molar-refractivity contribution is -0.171. The summed E-state index contributed by atoms with van der Waals surface area (Å²) in [5.41, 5.74) is -0.543. The van der Waals surface area contributed by atoms with E-state index < -0.39 is 11.4 Å². The Kier molecular flexibility index (Phi) is 2.76. The molecule has 3 aliphatic rings. The number of allylic oxidation sites excluding steroid dienone is 1. The summed E-state index contributed by atoms with van der Waals surface area (Å²) in [6, 6.07) is 0. The zero-order valence-electron chi connectivity index (χ0n) is 11.3. The number of ether oxygens (including phenoxy) is 1. The van der Waals surface area contributed by atoms with Gasteiger partial charge >= 0.3 is 5.97 Å². The van der Waals surface area contributed by atoms with Gasteiger partial charge in [0.05, 0.1) is 7.11 Å². The Morgan fingerprint density at radius 1 is 1.50 bits per heavy atom. The average molecular weight is 248 g/mol. The number of esters is 1. The van der Waals surface area contributed by atoms with Crippen LogP contribution in [-0.4, -0.2) is 18.9 Å². The quantitative estimate of drug-likeness (QED) is 0.438. The number of methoxy groups -OCH3 is 1. The molecule has 3 heteroatoms. The second kappa shape index (κ2) is 3.81. The first kappa shape index (κ1) is 13.1. The normalized spacial score (nSPS) is 36.8. The molecule has 0 unspecified atom stereocenters. The number of ketones is 1.